The van der Waals surface area contributed by atoms with Gasteiger partial charge in [0.25, 0.3) is 0 Å². The van der Waals surface area contributed by atoms with Gasteiger partial charge in [-0.1, -0.05) is 0 Å². The Balaban J connectivity index is 1.28. The molecule has 4 heterocycles. The minimum absolute atomic E-state index is 0.844. The van der Waals surface area contributed by atoms with Gasteiger partial charge in [0.2, 0.25) is 5.95 Å². The molecular formula is C19H28N6. The fraction of sp³-hybridized carbons (Fsp3) is 0.632. The molecule has 2 fully saturated rings. The molecule has 0 saturated carbocycles. The second kappa shape index (κ2) is 7.52. The number of nitrogens with zero attached hydrogens (tertiary/aromatic N) is 6. The summed E-state index contributed by atoms with van der Waals surface area (Å²) in [6.45, 7) is 8.88. The molecule has 0 radical (unpaired) electrons. The first kappa shape index (κ1) is 16.5. The van der Waals surface area contributed by atoms with Gasteiger partial charge in [-0.2, -0.15) is 0 Å². The van der Waals surface area contributed by atoms with Crippen LogP contribution in [-0.2, 0) is 13.1 Å². The van der Waals surface area contributed by atoms with Crippen molar-refractivity contribution in [1.29, 1.82) is 0 Å². The highest BCUT2D eigenvalue weighted by Crippen LogP contribution is 2.33. The summed E-state index contributed by atoms with van der Waals surface area (Å²) < 4.78 is 2.26. The highest BCUT2D eigenvalue weighted by Gasteiger charge is 2.32. The highest BCUT2D eigenvalue weighted by molar-refractivity contribution is 5.28. The lowest BCUT2D eigenvalue weighted by atomic mass is 9.84. The molecule has 25 heavy (non-hydrogen) atoms. The summed E-state index contributed by atoms with van der Waals surface area (Å²) in [5.74, 6) is 2.58. The van der Waals surface area contributed by atoms with E-state index in [4.69, 9.17) is 0 Å². The van der Waals surface area contributed by atoms with Crippen molar-refractivity contribution in [3.8, 4) is 0 Å². The van der Waals surface area contributed by atoms with Crippen molar-refractivity contribution >= 4 is 5.95 Å². The molecule has 0 aliphatic carbocycles. The summed E-state index contributed by atoms with van der Waals surface area (Å²) in [5, 5.41) is 0. The number of piperidine rings is 1. The van der Waals surface area contributed by atoms with Gasteiger partial charge in [0.15, 0.2) is 0 Å². The normalized spacial score (nSPS) is 22.6. The van der Waals surface area contributed by atoms with Crippen LogP contribution in [0, 0.1) is 11.8 Å². The molecule has 0 aromatic carbocycles. The Morgan fingerprint density at radius 1 is 1.04 bits per heavy atom. The van der Waals surface area contributed by atoms with Crippen molar-refractivity contribution in [1.82, 2.24) is 24.4 Å². The van der Waals surface area contributed by atoms with Gasteiger partial charge in [-0.25, -0.2) is 15.0 Å². The Hall–Kier alpha value is -1.95. The SMILES string of the molecule is CCn1cncc1CN1CCC(C2CCN(c3ncccn3)CC2)C1. The third kappa shape index (κ3) is 3.68. The van der Waals surface area contributed by atoms with Gasteiger partial charge in [-0.15, -0.1) is 0 Å². The van der Waals surface area contributed by atoms with E-state index >= 15 is 0 Å². The monoisotopic (exact) mass is 340 g/mol. The molecule has 2 aliphatic heterocycles. The van der Waals surface area contributed by atoms with Gasteiger partial charge >= 0.3 is 0 Å². The van der Waals surface area contributed by atoms with Crippen molar-refractivity contribution in [2.75, 3.05) is 31.1 Å². The van der Waals surface area contributed by atoms with Crippen LogP contribution in [0.15, 0.2) is 31.0 Å². The molecule has 6 nitrogen and oxygen atoms in total. The highest BCUT2D eigenvalue weighted by atomic mass is 15.2. The Labute approximate surface area is 149 Å². The van der Waals surface area contributed by atoms with E-state index in [9.17, 15) is 0 Å². The summed E-state index contributed by atoms with van der Waals surface area (Å²) in [4.78, 5) is 18.0. The smallest absolute Gasteiger partial charge is 0.225 e. The first-order chi connectivity index (χ1) is 12.3. The summed E-state index contributed by atoms with van der Waals surface area (Å²) in [5.41, 5.74) is 1.35. The summed E-state index contributed by atoms with van der Waals surface area (Å²) in [6.07, 6.45) is 11.5. The lowest BCUT2D eigenvalue weighted by Crippen LogP contribution is -2.37. The number of aromatic nitrogens is 4. The van der Waals surface area contributed by atoms with Crippen molar-refractivity contribution in [2.24, 2.45) is 11.8 Å². The Morgan fingerprint density at radius 3 is 2.56 bits per heavy atom. The third-order valence-corrected chi connectivity index (χ3v) is 5.87. The van der Waals surface area contributed by atoms with E-state index in [2.05, 4.69) is 36.2 Å². The minimum atomic E-state index is 0.844. The van der Waals surface area contributed by atoms with Gasteiger partial charge in [0, 0.05) is 51.3 Å². The summed E-state index contributed by atoms with van der Waals surface area (Å²) in [6, 6.07) is 1.88. The number of aryl methyl sites for hydroxylation is 1. The van der Waals surface area contributed by atoms with Crippen LogP contribution in [0.5, 0.6) is 0 Å². The fourth-order valence-electron chi connectivity index (χ4n) is 4.41. The second-order valence-corrected chi connectivity index (χ2v) is 7.33. The van der Waals surface area contributed by atoms with E-state index in [-0.39, 0.29) is 0 Å². The largest absolute Gasteiger partial charge is 0.341 e. The molecular weight excluding hydrogens is 312 g/mol. The first-order valence-corrected chi connectivity index (χ1v) is 9.57. The van der Waals surface area contributed by atoms with Gasteiger partial charge in [-0.05, 0) is 50.6 Å². The van der Waals surface area contributed by atoms with Crippen molar-refractivity contribution < 1.29 is 0 Å². The van der Waals surface area contributed by atoms with E-state index in [1.54, 1.807) is 0 Å². The maximum absolute atomic E-state index is 4.39. The molecule has 1 unspecified atom stereocenters. The van der Waals surface area contributed by atoms with Crippen LogP contribution < -0.4 is 4.90 Å². The van der Waals surface area contributed by atoms with Crippen LogP contribution in [-0.4, -0.2) is 50.6 Å². The van der Waals surface area contributed by atoms with Crippen molar-refractivity contribution in [3.05, 3.63) is 36.7 Å². The molecule has 2 aromatic heterocycles. The molecule has 2 aliphatic rings. The van der Waals surface area contributed by atoms with E-state index in [1.807, 2.05) is 31.0 Å². The topological polar surface area (TPSA) is 50.1 Å². The molecule has 0 spiro atoms. The zero-order chi connectivity index (χ0) is 17.1. The van der Waals surface area contributed by atoms with Crippen LogP contribution in [0.25, 0.3) is 0 Å². The standard InChI is InChI=1S/C19H28N6/c1-2-24-15-20-12-18(24)14-23-9-4-17(13-23)16-5-10-25(11-6-16)19-21-7-3-8-22-19/h3,7-8,12,15-17H,2,4-6,9-11,13-14H2,1H3. The van der Waals surface area contributed by atoms with Gasteiger partial charge in [0.1, 0.15) is 0 Å². The average Bonchev–Trinajstić information content (AvgIpc) is 3.32. The van der Waals surface area contributed by atoms with Gasteiger partial charge in [0.05, 0.1) is 12.0 Å². The van der Waals surface area contributed by atoms with Crippen LogP contribution in [0.2, 0.25) is 0 Å². The van der Waals surface area contributed by atoms with Crippen molar-refractivity contribution in [3.63, 3.8) is 0 Å². The van der Waals surface area contributed by atoms with Crippen LogP contribution in [0.3, 0.4) is 0 Å². The van der Waals surface area contributed by atoms with Gasteiger partial charge in [-0.3, -0.25) is 4.90 Å². The van der Waals surface area contributed by atoms with Crippen LogP contribution in [0.4, 0.5) is 5.95 Å². The molecule has 2 aromatic rings. The minimum Gasteiger partial charge on any atom is -0.341 e. The number of imidazole rings is 1. The van der Waals surface area contributed by atoms with Gasteiger partial charge < -0.3 is 9.47 Å². The van der Waals surface area contributed by atoms with Crippen molar-refractivity contribution in [2.45, 2.75) is 39.3 Å². The maximum Gasteiger partial charge on any atom is 0.225 e. The number of hydrogen-bond donors (Lipinski definition) is 0. The quantitative estimate of drug-likeness (QED) is 0.837. The van der Waals surface area contributed by atoms with E-state index in [1.165, 1.54) is 38.0 Å². The zero-order valence-electron chi connectivity index (χ0n) is 15.1. The fourth-order valence-corrected chi connectivity index (χ4v) is 4.41. The third-order valence-electron chi connectivity index (χ3n) is 5.87. The van der Waals surface area contributed by atoms with E-state index in [0.29, 0.717) is 0 Å². The number of hydrogen-bond acceptors (Lipinski definition) is 5. The molecule has 6 heteroatoms. The summed E-state index contributed by atoms with van der Waals surface area (Å²) in [7, 11) is 0. The molecule has 4 rings (SSSR count). The van der Waals surface area contributed by atoms with Crippen LogP contribution in [0.1, 0.15) is 31.9 Å². The molecule has 0 N–H and O–H groups in total. The Morgan fingerprint density at radius 2 is 1.80 bits per heavy atom. The molecule has 0 amide bonds. The molecule has 0 bridgehead atoms. The average molecular weight is 340 g/mol. The van der Waals surface area contributed by atoms with E-state index < -0.39 is 0 Å². The van der Waals surface area contributed by atoms with E-state index in [0.717, 1.165) is 44.0 Å². The predicted molar refractivity (Wildman–Crippen MR) is 98.3 cm³/mol. The number of likely N-dealkylation sites (tertiary alicyclic amines) is 1. The molecule has 1 atom stereocenters. The lowest BCUT2D eigenvalue weighted by molar-refractivity contribution is 0.249. The predicted octanol–water partition coefficient (Wildman–Crippen LogP) is 2.43. The number of rotatable bonds is 5. The maximum atomic E-state index is 4.39. The molecule has 134 valence electrons. The Kier molecular flexibility index (Phi) is 4.97. The second-order valence-electron chi connectivity index (χ2n) is 7.33. The first-order valence-electron chi connectivity index (χ1n) is 9.57. The zero-order valence-corrected chi connectivity index (χ0v) is 15.1. The lowest BCUT2D eigenvalue weighted by Gasteiger charge is -2.34. The van der Waals surface area contributed by atoms with Crippen LogP contribution >= 0.6 is 0 Å². The summed E-state index contributed by atoms with van der Waals surface area (Å²) >= 11 is 0. The number of anilines is 1. The Bertz CT molecular complexity index is 662. The molecule has 2 saturated heterocycles.